The van der Waals surface area contributed by atoms with E-state index >= 15 is 0 Å². The van der Waals surface area contributed by atoms with E-state index in [0.717, 1.165) is 27.6 Å². The molecule has 0 aliphatic rings. The van der Waals surface area contributed by atoms with Crippen molar-refractivity contribution in [3.8, 4) is 0 Å². The molecule has 0 spiro atoms. The fourth-order valence-electron chi connectivity index (χ4n) is 2.56. The van der Waals surface area contributed by atoms with Gasteiger partial charge in [0.1, 0.15) is 0 Å². The van der Waals surface area contributed by atoms with Gasteiger partial charge < -0.3 is 4.57 Å². The largest absolute Gasteiger partial charge is 0.350 e. The number of aromatic nitrogens is 1. The standard InChI is InChI=1S/C18H17NO/c1-12-8-9-14(10-13(12)2)18(20)16-11-19(3)17-7-5-4-6-15(16)17/h4-11H,1-3H3. The van der Waals surface area contributed by atoms with Crippen LogP contribution in [0.3, 0.4) is 0 Å². The van der Waals surface area contributed by atoms with Crippen LogP contribution in [0.25, 0.3) is 10.9 Å². The summed E-state index contributed by atoms with van der Waals surface area (Å²) in [5, 5.41) is 1.01. The first-order chi connectivity index (χ1) is 9.58. The first kappa shape index (κ1) is 12.7. The molecule has 0 fully saturated rings. The Hall–Kier alpha value is -2.35. The summed E-state index contributed by atoms with van der Waals surface area (Å²) >= 11 is 0. The summed E-state index contributed by atoms with van der Waals surface area (Å²) in [5.41, 5.74) is 4.96. The summed E-state index contributed by atoms with van der Waals surface area (Å²) in [6.07, 6.45) is 1.92. The number of nitrogens with zero attached hydrogens (tertiary/aromatic N) is 1. The van der Waals surface area contributed by atoms with Gasteiger partial charge in [-0.1, -0.05) is 30.3 Å². The zero-order chi connectivity index (χ0) is 14.3. The highest BCUT2D eigenvalue weighted by Crippen LogP contribution is 2.23. The van der Waals surface area contributed by atoms with Crippen LogP contribution in [0.2, 0.25) is 0 Å². The monoisotopic (exact) mass is 263 g/mol. The maximum atomic E-state index is 12.7. The van der Waals surface area contributed by atoms with Gasteiger partial charge in [-0.25, -0.2) is 0 Å². The number of ketones is 1. The highest BCUT2D eigenvalue weighted by molar-refractivity contribution is 6.16. The molecule has 3 rings (SSSR count). The van der Waals surface area contributed by atoms with Gasteiger partial charge in [-0.3, -0.25) is 4.79 Å². The highest BCUT2D eigenvalue weighted by Gasteiger charge is 2.15. The van der Waals surface area contributed by atoms with Crippen molar-refractivity contribution >= 4 is 16.7 Å². The first-order valence-corrected chi connectivity index (χ1v) is 6.74. The Morgan fingerprint density at radius 1 is 1.00 bits per heavy atom. The van der Waals surface area contributed by atoms with Gasteiger partial charge in [0.2, 0.25) is 0 Å². The Morgan fingerprint density at radius 3 is 2.50 bits per heavy atom. The molecular formula is C18H17NO. The number of fused-ring (bicyclic) bond motifs is 1. The summed E-state index contributed by atoms with van der Waals surface area (Å²) in [4.78, 5) is 12.7. The predicted molar refractivity (Wildman–Crippen MR) is 82.3 cm³/mol. The smallest absolute Gasteiger partial charge is 0.195 e. The van der Waals surface area contributed by atoms with E-state index in [9.17, 15) is 4.79 Å². The van der Waals surface area contributed by atoms with E-state index in [2.05, 4.69) is 6.92 Å². The fourth-order valence-corrected chi connectivity index (χ4v) is 2.56. The number of benzene rings is 2. The molecule has 1 heterocycles. The van der Waals surface area contributed by atoms with Crippen LogP contribution in [0, 0.1) is 13.8 Å². The molecule has 0 saturated heterocycles. The lowest BCUT2D eigenvalue weighted by Gasteiger charge is -2.04. The number of hydrogen-bond donors (Lipinski definition) is 0. The molecule has 100 valence electrons. The molecule has 2 aromatic carbocycles. The van der Waals surface area contributed by atoms with Crippen LogP contribution < -0.4 is 0 Å². The zero-order valence-corrected chi connectivity index (χ0v) is 12.0. The molecule has 0 radical (unpaired) electrons. The molecule has 0 aliphatic carbocycles. The quantitative estimate of drug-likeness (QED) is 0.640. The van der Waals surface area contributed by atoms with Crippen molar-refractivity contribution in [1.82, 2.24) is 4.57 Å². The van der Waals surface area contributed by atoms with Crippen LogP contribution in [0.1, 0.15) is 27.0 Å². The summed E-state index contributed by atoms with van der Waals surface area (Å²) in [6, 6.07) is 13.9. The highest BCUT2D eigenvalue weighted by atomic mass is 16.1. The minimum atomic E-state index is 0.0879. The maximum Gasteiger partial charge on any atom is 0.195 e. The minimum absolute atomic E-state index is 0.0879. The van der Waals surface area contributed by atoms with Gasteiger partial charge in [-0.2, -0.15) is 0 Å². The third-order valence-corrected chi connectivity index (χ3v) is 3.91. The lowest BCUT2D eigenvalue weighted by atomic mass is 9.99. The van der Waals surface area contributed by atoms with E-state index in [4.69, 9.17) is 0 Å². The average molecular weight is 263 g/mol. The molecule has 0 amide bonds. The van der Waals surface area contributed by atoms with Crippen molar-refractivity contribution in [1.29, 1.82) is 0 Å². The van der Waals surface area contributed by atoms with E-state index in [1.165, 1.54) is 5.56 Å². The first-order valence-electron chi connectivity index (χ1n) is 6.74. The summed E-state index contributed by atoms with van der Waals surface area (Å²) < 4.78 is 2.00. The predicted octanol–water partition coefficient (Wildman–Crippen LogP) is 4.03. The van der Waals surface area contributed by atoms with Crippen molar-refractivity contribution in [3.05, 3.63) is 70.9 Å². The Morgan fingerprint density at radius 2 is 1.75 bits per heavy atom. The Balaban J connectivity index is 2.15. The normalized spacial score (nSPS) is 10.9. The van der Waals surface area contributed by atoms with Gasteiger partial charge in [0.15, 0.2) is 5.78 Å². The molecule has 0 N–H and O–H groups in total. The van der Waals surface area contributed by atoms with E-state index in [1.807, 2.05) is 67.2 Å². The van der Waals surface area contributed by atoms with Crippen LogP contribution in [-0.4, -0.2) is 10.4 Å². The number of hydrogen-bond acceptors (Lipinski definition) is 1. The van der Waals surface area contributed by atoms with Crippen LogP contribution in [-0.2, 0) is 7.05 Å². The van der Waals surface area contributed by atoms with Gasteiger partial charge >= 0.3 is 0 Å². The summed E-state index contributed by atoms with van der Waals surface area (Å²) in [7, 11) is 1.97. The second-order valence-corrected chi connectivity index (χ2v) is 5.30. The van der Waals surface area contributed by atoms with E-state index in [1.54, 1.807) is 0 Å². The topological polar surface area (TPSA) is 22.0 Å². The Kier molecular flexibility index (Phi) is 2.94. The molecule has 2 nitrogen and oxygen atoms in total. The maximum absolute atomic E-state index is 12.7. The second-order valence-electron chi connectivity index (χ2n) is 5.30. The van der Waals surface area contributed by atoms with Gasteiger partial charge in [-0.15, -0.1) is 0 Å². The van der Waals surface area contributed by atoms with Crippen molar-refractivity contribution in [2.24, 2.45) is 7.05 Å². The van der Waals surface area contributed by atoms with Crippen molar-refractivity contribution in [3.63, 3.8) is 0 Å². The third-order valence-electron chi connectivity index (χ3n) is 3.91. The van der Waals surface area contributed by atoms with Crippen molar-refractivity contribution in [2.75, 3.05) is 0 Å². The fraction of sp³-hybridized carbons (Fsp3) is 0.167. The molecule has 0 bridgehead atoms. The lowest BCUT2D eigenvalue weighted by Crippen LogP contribution is -2.01. The van der Waals surface area contributed by atoms with E-state index in [0.29, 0.717) is 0 Å². The molecule has 0 unspecified atom stereocenters. The van der Waals surface area contributed by atoms with Crippen molar-refractivity contribution < 1.29 is 4.79 Å². The molecule has 1 aromatic heterocycles. The van der Waals surface area contributed by atoms with Crippen LogP contribution in [0.5, 0.6) is 0 Å². The van der Waals surface area contributed by atoms with E-state index in [-0.39, 0.29) is 5.78 Å². The van der Waals surface area contributed by atoms with E-state index < -0.39 is 0 Å². The molecule has 20 heavy (non-hydrogen) atoms. The van der Waals surface area contributed by atoms with Gasteiger partial charge in [-0.05, 0) is 37.1 Å². The lowest BCUT2D eigenvalue weighted by molar-refractivity contribution is 0.104. The van der Waals surface area contributed by atoms with Gasteiger partial charge in [0, 0.05) is 35.3 Å². The third kappa shape index (κ3) is 1.94. The Bertz CT molecular complexity index is 811. The molecule has 0 aliphatic heterocycles. The number of carbonyl (C=O) groups is 1. The van der Waals surface area contributed by atoms with Gasteiger partial charge in [0.05, 0.1) is 0 Å². The summed E-state index contributed by atoms with van der Waals surface area (Å²) in [5.74, 6) is 0.0879. The number of para-hydroxylation sites is 1. The number of carbonyl (C=O) groups excluding carboxylic acids is 1. The van der Waals surface area contributed by atoms with Crippen LogP contribution in [0.4, 0.5) is 0 Å². The number of rotatable bonds is 2. The minimum Gasteiger partial charge on any atom is -0.350 e. The molecule has 0 atom stereocenters. The zero-order valence-electron chi connectivity index (χ0n) is 12.0. The van der Waals surface area contributed by atoms with Crippen LogP contribution in [0.15, 0.2) is 48.7 Å². The van der Waals surface area contributed by atoms with Crippen molar-refractivity contribution in [2.45, 2.75) is 13.8 Å². The second kappa shape index (κ2) is 4.64. The molecule has 0 saturated carbocycles. The SMILES string of the molecule is Cc1ccc(C(=O)c2cn(C)c3ccccc23)cc1C. The van der Waals surface area contributed by atoms with Crippen LogP contribution >= 0.6 is 0 Å². The Labute approximate surface area is 118 Å². The summed E-state index contributed by atoms with van der Waals surface area (Å²) in [6.45, 7) is 4.09. The molecular weight excluding hydrogens is 246 g/mol. The molecule has 3 aromatic rings. The average Bonchev–Trinajstić information content (AvgIpc) is 2.79. The molecule has 2 heteroatoms. The number of aryl methyl sites for hydroxylation is 3. The van der Waals surface area contributed by atoms with Gasteiger partial charge in [0.25, 0.3) is 0 Å².